The van der Waals surface area contributed by atoms with Gasteiger partial charge in [-0.3, -0.25) is 9.59 Å². The lowest BCUT2D eigenvalue weighted by atomic mass is 10.0. The van der Waals surface area contributed by atoms with Crippen LogP contribution in [0.4, 0.5) is 0 Å². The fourth-order valence-electron chi connectivity index (χ4n) is 6.06. The lowest BCUT2D eigenvalue weighted by Crippen LogP contribution is -2.51. The smallest absolute Gasteiger partial charge is 0.303 e. The molecule has 0 rings (SSSR count). The topological polar surface area (TPSA) is 115 Å². The van der Waals surface area contributed by atoms with Gasteiger partial charge in [0.25, 0.3) is 0 Å². The Morgan fingerprint density at radius 1 is 0.488 bits per heavy atom. The molecule has 7 heteroatoms. The van der Waals surface area contributed by atoms with E-state index < -0.39 is 17.9 Å². The van der Waals surface area contributed by atoms with E-state index in [0.717, 1.165) is 56.3 Å². The van der Waals surface area contributed by atoms with Gasteiger partial charge in [0.1, 0.15) is 0 Å². The van der Waals surface area contributed by atoms with Crippen LogP contribution in [-0.2, 0) is 14.4 Å². The van der Waals surface area contributed by atoms with Crippen LogP contribution in [0.25, 0.3) is 0 Å². The number of quaternary nitrogens is 1. The molecule has 43 heavy (non-hydrogen) atoms. The Kier molecular flexibility index (Phi) is 28.8. The highest BCUT2D eigenvalue weighted by molar-refractivity contribution is 5.66. The van der Waals surface area contributed by atoms with E-state index in [-0.39, 0.29) is 19.3 Å². The van der Waals surface area contributed by atoms with Gasteiger partial charge in [-0.15, -0.1) is 0 Å². The van der Waals surface area contributed by atoms with Crippen molar-refractivity contribution in [1.82, 2.24) is 0 Å². The Labute approximate surface area is 264 Å². The normalized spacial score (nSPS) is 11.8. The van der Waals surface area contributed by atoms with E-state index in [1.54, 1.807) is 0 Å². The SMILES string of the molecule is CCCCCCC/C=C/CCCCCCCCCCCC[N+](CCCCC(=O)[O-])(CCCCC(=O)O)CCCCC(=O)O. The predicted molar refractivity (Wildman–Crippen MR) is 175 cm³/mol. The van der Waals surface area contributed by atoms with Crippen molar-refractivity contribution >= 4 is 17.9 Å². The van der Waals surface area contributed by atoms with Crippen molar-refractivity contribution in [3.8, 4) is 0 Å². The van der Waals surface area contributed by atoms with Crippen molar-refractivity contribution in [2.45, 2.75) is 174 Å². The van der Waals surface area contributed by atoms with E-state index in [1.165, 1.54) is 103 Å². The summed E-state index contributed by atoms with van der Waals surface area (Å²) >= 11 is 0. The molecule has 0 aliphatic rings. The van der Waals surface area contributed by atoms with E-state index in [2.05, 4.69) is 19.1 Å². The Hall–Kier alpha value is -1.89. The van der Waals surface area contributed by atoms with Crippen LogP contribution in [-0.4, -0.2) is 58.8 Å². The fourth-order valence-corrected chi connectivity index (χ4v) is 6.06. The third kappa shape index (κ3) is 29.9. The van der Waals surface area contributed by atoms with Crippen molar-refractivity contribution in [2.24, 2.45) is 0 Å². The second kappa shape index (κ2) is 30.1. The molecule has 0 heterocycles. The zero-order valence-corrected chi connectivity index (χ0v) is 27.8. The van der Waals surface area contributed by atoms with Crippen LogP contribution in [0.5, 0.6) is 0 Å². The molecule has 0 saturated carbocycles. The highest BCUT2D eigenvalue weighted by atomic mass is 16.4. The van der Waals surface area contributed by atoms with Gasteiger partial charge in [0.15, 0.2) is 0 Å². The Morgan fingerprint density at radius 3 is 1.19 bits per heavy atom. The van der Waals surface area contributed by atoms with E-state index in [1.807, 2.05) is 0 Å². The molecule has 0 fully saturated rings. The molecule has 2 N–H and O–H groups in total. The van der Waals surface area contributed by atoms with Crippen LogP contribution in [0.3, 0.4) is 0 Å². The van der Waals surface area contributed by atoms with E-state index >= 15 is 0 Å². The number of hydrogen-bond acceptors (Lipinski definition) is 4. The maximum Gasteiger partial charge on any atom is 0.303 e. The second-order valence-electron chi connectivity index (χ2n) is 12.8. The third-order valence-corrected chi connectivity index (χ3v) is 8.70. The van der Waals surface area contributed by atoms with Gasteiger partial charge in [-0.2, -0.15) is 0 Å². The molecular weight excluding hydrogens is 542 g/mol. The lowest BCUT2D eigenvalue weighted by molar-refractivity contribution is -0.929. The summed E-state index contributed by atoms with van der Waals surface area (Å²) in [7, 11) is 0. The number of nitrogens with zero attached hydrogens (tertiary/aromatic N) is 1. The van der Waals surface area contributed by atoms with Crippen molar-refractivity contribution in [1.29, 1.82) is 0 Å². The minimum absolute atomic E-state index is 0.0638. The molecule has 0 bridgehead atoms. The molecule has 0 aliphatic heterocycles. The average molecular weight is 610 g/mol. The summed E-state index contributed by atoms with van der Waals surface area (Å²) in [5.41, 5.74) is 0. The molecule has 0 unspecified atom stereocenters. The van der Waals surface area contributed by atoms with Crippen LogP contribution in [0.15, 0.2) is 12.2 Å². The largest absolute Gasteiger partial charge is 0.550 e. The minimum Gasteiger partial charge on any atom is -0.550 e. The summed E-state index contributed by atoms with van der Waals surface area (Å²) in [4.78, 5) is 32.9. The number of aliphatic carboxylic acids is 3. The second-order valence-corrected chi connectivity index (χ2v) is 12.8. The van der Waals surface area contributed by atoms with E-state index in [4.69, 9.17) is 10.2 Å². The van der Waals surface area contributed by atoms with Crippen LogP contribution in [0.2, 0.25) is 0 Å². The van der Waals surface area contributed by atoms with Gasteiger partial charge in [0, 0.05) is 18.8 Å². The molecule has 0 spiro atoms. The molecule has 0 saturated heterocycles. The summed E-state index contributed by atoms with van der Waals surface area (Å²) in [5, 5.41) is 29.0. The summed E-state index contributed by atoms with van der Waals surface area (Å²) in [6.45, 7) is 5.88. The molecule has 252 valence electrons. The van der Waals surface area contributed by atoms with Gasteiger partial charge in [0.2, 0.25) is 0 Å². The average Bonchev–Trinajstić information content (AvgIpc) is 2.96. The molecular formula is C36H67NO6. The van der Waals surface area contributed by atoms with Crippen molar-refractivity contribution < 1.29 is 34.2 Å². The number of carbonyl (C=O) groups is 3. The van der Waals surface area contributed by atoms with Gasteiger partial charge >= 0.3 is 11.9 Å². The van der Waals surface area contributed by atoms with Crippen LogP contribution in [0, 0.1) is 0 Å². The fraction of sp³-hybridized carbons (Fsp3) is 0.861. The molecule has 0 aromatic rings. The first-order valence-corrected chi connectivity index (χ1v) is 17.9. The third-order valence-electron chi connectivity index (χ3n) is 8.70. The first kappa shape index (κ1) is 41.1. The summed E-state index contributed by atoms with van der Waals surface area (Å²) in [6, 6.07) is 0. The number of carboxylic acid groups (broad SMARTS) is 3. The van der Waals surface area contributed by atoms with Gasteiger partial charge in [0.05, 0.1) is 26.2 Å². The van der Waals surface area contributed by atoms with Crippen LogP contribution >= 0.6 is 0 Å². The Balaban J connectivity index is 4.29. The van der Waals surface area contributed by atoms with Gasteiger partial charge < -0.3 is 24.6 Å². The zero-order chi connectivity index (χ0) is 31.9. The van der Waals surface area contributed by atoms with Gasteiger partial charge in [-0.05, 0) is 83.5 Å². The molecule has 0 aromatic heterocycles. The van der Waals surface area contributed by atoms with E-state index in [9.17, 15) is 19.5 Å². The summed E-state index contributed by atoms with van der Waals surface area (Å²) < 4.78 is 0.848. The molecule has 0 aromatic carbocycles. The Morgan fingerprint density at radius 2 is 0.814 bits per heavy atom. The van der Waals surface area contributed by atoms with E-state index in [0.29, 0.717) is 19.3 Å². The number of rotatable bonds is 34. The summed E-state index contributed by atoms with van der Waals surface area (Å²) in [6.07, 6.45) is 31.4. The maximum atomic E-state index is 11.0. The number of unbranched alkanes of at least 4 members (excludes halogenated alkanes) is 18. The highest BCUT2D eigenvalue weighted by Crippen LogP contribution is 2.20. The van der Waals surface area contributed by atoms with Gasteiger partial charge in [-0.1, -0.05) is 89.7 Å². The standard InChI is InChI=1S/C36H67NO6/c1-2-3-4-5-6-7-8-9-10-11-12-13-14-15-16-17-18-19-23-30-37(31-24-20-27-34(38)39,32-25-21-28-35(40)41)33-26-22-29-36(42)43/h8-9H,2-7,10-33H2,1H3,(H2-,38,39,40,41,42,43)/b9-8+. The first-order valence-electron chi connectivity index (χ1n) is 17.9. The minimum atomic E-state index is -1.02. The predicted octanol–water partition coefficient (Wildman–Crippen LogP) is 8.44. The Bertz CT molecular complexity index is 653. The summed E-state index contributed by atoms with van der Waals surface area (Å²) in [5.74, 6) is -2.56. The van der Waals surface area contributed by atoms with Crippen molar-refractivity contribution in [2.75, 3.05) is 26.2 Å². The number of carbonyl (C=O) groups excluding carboxylic acids is 1. The number of allylic oxidation sites excluding steroid dienone is 2. The number of hydrogen-bond donors (Lipinski definition) is 2. The van der Waals surface area contributed by atoms with Crippen molar-refractivity contribution in [3.63, 3.8) is 0 Å². The molecule has 0 radical (unpaired) electrons. The van der Waals surface area contributed by atoms with Crippen LogP contribution < -0.4 is 5.11 Å². The zero-order valence-electron chi connectivity index (χ0n) is 27.8. The van der Waals surface area contributed by atoms with Crippen molar-refractivity contribution in [3.05, 3.63) is 12.2 Å². The monoisotopic (exact) mass is 609 g/mol. The van der Waals surface area contributed by atoms with Gasteiger partial charge in [-0.25, -0.2) is 0 Å². The lowest BCUT2D eigenvalue weighted by Gasteiger charge is -2.39. The molecule has 0 atom stereocenters. The first-order chi connectivity index (χ1) is 20.8. The quantitative estimate of drug-likeness (QED) is 0.0430. The molecule has 0 aliphatic carbocycles. The van der Waals surface area contributed by atoms with Crippen LogP contribution in [0.1, 0.15) is 174 Å². The molecule has 7 nitrogen and oxygen atoms in total. The molecule has 0 amide bonds. The highest BCUT2D eigenvalue weighted by Gasteiger charge is 2.26. The number of carboxylic acids is 3. The maximum absolute atomic E-state index is 11.0.